The number of aliphatic carboxylic acids is 1. The maximum atomic E-state index is 13.9. The molecule has 172 valence electrons. The third kappa shape index (κ3) is 4.46. The number of thiophene rings is 1. The van der Waals surface area contributed by atoms with Crippen LogP contribution in [0.15, 0.2) is 58.9 Å². The Hall–Kier alpha value is -3.30. The van der Waals surface area contributed by atoms with Gasteiger partial charge in [0.1, 0.15) is 9.96 Å². The Morgan fingerprint density at radius 2 is 1.88 bits per heavy atom. The van der Waals surface area contributed by atoms with Crippen molar-refractivity contribution in [2.45, 2.75) is 30.9 Å². The van der Waals surface area contributed by atoms with E-state index in [0.29, 0.717) is 40.1 Å². The monoisotopic (exact) mass is 484 g/mol. The molecular formula is C24H24N2O5S2. The van der Waals surface area contributed by atoms with Crippen molar-refractivity contribution in [1.82, 2.24) is 3.97 Å². The van der Waals surface area contributed by atoms with Crippen LogP contribution in [0.2, 0.25) is 0 Å². The second-order valence-corrected chi connectivity index (χ2v) is 10.9. The quantitative estimate of drug-likeness (QED) is 0.344. The first-order valence-corrected chi connectivity index (χ1v) is 12.7. The highest BCUT2D eigenvalue weighted by atomic mass is 32.2. The summed E-state index contributed by atoms with van der Waals surface area (Å²) in [5, 5.41) is 9.82. The highest BCUT2D eigenvalue weighted by Gasteiger charge is 2.27. The van der Waals surface area contributed by atoms with Crippen molar-refractivity contribution in [1.29, 1.82) is 0 Å². The van der Waals surface area contributed by atoms with Crippen LogP contribution in [0.4, 0.5) is 5.69 Å². The number of benzene rings is 2. The van der Waals surface area contributed by atoms with Gasteiger partial charge in [0.15, 0.2) is 0 Å². The van der Waals surface area contributed by atoms with Crippen molar-refractivity contribution in [3.05, 3.63) is 65.2 Å². The molecule has 0 amide bonds. The van der Waals surface area contributed by atoms with Crippen molar-refractivity contribution in [2.75, 3.05) is 12.3 Å². The van der Waals surface area contributed by atoms with Gasteiger partial charge in [-0.3, -0.25) is 4.79 Å². The molecule has 0 aliphatic heterocycles. The minimum absolute atomic E-state index is 0.104. The van der Waals surface area contributed by atoms with Gasteiger partial charge >= 0.3 is 5.97 Å². The average molecular weight is 485 g/mol. The van der Waals surface area contributed by atoms with E-state index in [9.17, 15) is 13.2 Å². The first-order valence-electron chi connectivity index (χ1n) is 10.4. The van der Waals surface area contributed by atoms with Gasteiger partial charge in [0.25, 0.3) is 10.0 Å². The van der Waals surface area contributed by atoms with E-state index in [-0.39, 0.29) is 17.1 Å². The number of nitrogen functional groups attached to an aromatic ring is 1. The molecule has 4 aromatic rings. The number of anilines is 1. The van der Waals surface area contributed by atoms with E-state index in [1.807, 2.05) is 19.9 Å². The van der Waals surface area contributed by atoms with Gasteiger partial charge in [-0.2, -0.15) is 8.42 Å². The predicted molar refractivity (Wildman–Crippen MR) is 131 cm³/mol. The zero-order valence-electron chi connectivity index (χ0n) is 18.2. The predicted octanol–water partition coefficient (Wildman–Crippen LogP) is 4.91. The van der Waals surface area contributed by atoms with E-state index in [0.717, 1.165) is 10.4 Å². The van der Waals surface area contributed by atoms with E-state index >= 15 is 0 Å². The first-order chi connectivity index (χ1) is 15.7. The van der Waals surface area contributed by atoms with E-state index < -0.39 is 16.0 Å². The zero-order chi connectivity index (χ0) is 23.8. The fourth-order valence-electron chi connectivity index (χ4n) is 3.78. The lowest BCUT2D eigenvalue weighted by Crippen LogP contribution is -2.11. The topological polar surface area (TPSA) is 112 Å². The molecule has 4 rings (SSSR count). The molecule has 0 aliphatic carbocycles. The standard InChI is InChI=1S/C24H24N2O5S2/c1-3-31-19-9-10-22-20(13-19)17(6-11-23(27)28)14-26(22)33(29,30)24-21(12-15(2)32-24)16-4-7-18(25)8-5-16/h4-5,7-10,12-14H,3,6,11,25H2,1-2H3,(H,27,28). The summed E-state index contributed by atoms with van der Waals surface area (Å²) < 4.78 is 34.8. The summed E-state index contributed by atoms with van der Waals surface area (Å²) in [5.41, 5.74) is 8.88. The largest absolute Gasteiger partial charge is 0.494 e. The van der Waals surface area contributed by atoms with Crippen LogP contribution in [0, 0.1) is 6.92 Å². The van der Waals surface area contributed by atoms with Crippen LogP contribution in [0.5, 0.6) is 5.75 Å². The highest BCUT2D eigenvalue weighted by molar-refractivity contribution is 7.92. The summed E-state index contributed by atoms with van der Waals surface area (Å²) in [6.45, 7) is 4.20. The number of aromatic nitrogens is 1. The fourth-order valence-corrected chi connectivity index (χ4v) is 6.91. The molecule has 0 fully saturated rings. The Kier molecular flexibility index (Phi) is 6.18. The molecule has 0 bridgehead atoms. The number of hydrogen-bond acceptors (Lipinski definition) is 6. The number of ether oxygens (including phenoxy) is 1. The third-order valence-electron chi connectivity index (χ3n) is 5.28. The lowest BCUT2D eigenvalue weighted by molar-refractivity contribution is -0.136. The van der Waals surface area contributed by atoms with Crippen LogP contribution < -0.4 is 10.5 Å². The van der Waals surface area contributed by atoms with Crippen molar-refractivity contribution in [2.24, 2.45) is 0 Å². The lowest BCUT2D eigenvalue weighted by atomic mass is 10.1. The summed E-state index contributed by atoms with van der Waals surface area (Å²) in [5.74, 6) is -0.342. The van der Waals surface area contributed by atoms with E-state index in [1.54, 1.807) is 42.5 Å². The van der Waals surface area contributed by atoms with Crippen LogP contribution in [-0.2, 0) is 21.2 Å². The molecule has 0 atom stereocenters. The maximum Gasteiger partial charge on any atom is 0.303 e. The molecular weight excluding hydrogens is 460 g/mol. The summed E-state index contributed by atoms with van der Waals surface area (Å²) in [6.07, 6.45) is 1.63. The Balaban J connectivity index is 1.89. The summed E-state index contributed by atoms with van der Waals surface area (Å²) >= 11 is 1.20. The number of nitrogens with zero attached hydrogens (tertiary/aromatic N) is 1. The number of carboxylic acid groups (broad SMARTS) is 1. The molecule has 7 nitrogen and oxygen atoms in total. The SMILES string of the molecule is CCOc1ccc2c(c1)c(CCC(=O)O)cn2S(=O)(=O)c1sc(C)cc1-c1ccc(N)cc1. The number of aryl methyl sites for hydroxylation is 2. The molecule has 9 heteroatoms. The van der Waals surface area contributed by atoms with Crippen LogP contribution in [0.25, 0.3) is 22.0 Å². The van der Waals surface area contributed by atoms with Gasteiger partial charge in [-0.15, -0.1) is 11.3 Å². The molecule has 2 aromatic heterocycles. The average Bonchev–Trinajstić information content (AvgIpc) is 3.34. The molecule has 0 saturated heterocycles. The van der Waals surface area contributed by atoms with E-state index in [1.165, 1.54) is 21.5 Å². The van der Waals surface area contributed by atoms with Crippen LogP contribution in [0.3, 0.4) is 0 Å². The molecule has 33 heavy (non-hydrogen) atoms. The molecule has 0 radical (unpaired) electrons. The van der Waals surface area contributed by atoms with Gasteiger partial charge in [-0.25, -0.2) is 3.97 Å². The highest BCUT2D eigenvalue weighted by Crippen LogP contribution is 2.38. The smallest absolute Gasteiger partial charge is 0.303 e. The lowest BCUT2D eigenvalue weighted by Gasteiger charge is -2.09. The minimum Gasteiger partial charge on any atom is -0.494 e. The first kappa shape index (κ1) is 22.9. The van der Waals surface area contributed by atoms with Crippen molar-refractivity contribution in [3.8, 4) is 16.9 Å². The van der Waals surface area contributed by atoms with Gasteiger partial charge in [0.2, 0.25) is 0 Å². The van der Waals surface area contributed by atoms with Crippen LogP contribution in [-0.4, -0.2) is 30.1 Å². The Morgan fingerprint density at radius 1 is 1.15 bits per heavy atom. The zero-order valence-corrected chi connectivity index (χ0v) is 19.9. The minimum atomic E-state index is -3.96. The molecule has 0 saturated carbocycles. The Bertz CT molecular complexity index is 1430. The maximum absolute atomic E-state index is 13.9. The number of hydrogen-bond donors (Lipinski definition) is 2. The van der Waals surface area contributed by atoms with Crippen molar-refractivity contribution >= 4 is 43.9 Å². The van der Waals surface area contributed by atoms with Gasteiger partial charge < -0.3 is 15.6 Å². The molecule has 0 unspecified atom stereocenters. The van der Waals surface area contributed by atoms with Gasteiger partial charge in [0, 0.05) is 34.1 Å². The van der Waals surface area contributed by atoms with Gasteiger partial charge in [0.05, 0.1) is 12.1 Å². The summed E-state index contributed by atoms with van der Waals surface area (Å²) in [4.78, 5) is 12.0. The van der Waals surface area contributed by atoms with Gasteiger partial charge in [-0.1, -0.05) is 12.1 Å². The molecule has 2 aromatic carbocycles. The van der Waals surface area contributed by atoms with Crippen LogP contribution >= 0.6 is 11.3 Å². The van der Waals surface area contributed by atoms with Gasteiger partial charge in [-0.05, 0) is 67.8 Å². The summed E-state index contributed by atoms with van der Waals surface area (Å²) in [6, 6.07) is 14.1. The third-order valence-corrected chi connectivity index (χ3v) is 8.52. The van der Waals surface area contributed by atoms with Crippen LogP contribution in [0.1, 0.15) is 23.8 Å². The molecule has 3 N–H and O–H groups in total. The number of nitrogens with two attached hydrogens (primary N) is 1. The molecule has 0 spiro atoms. The number of carboxylic acids is 1. The van der Waals surface area contributed by atoms with E-state index in [2.05, 4.69) is 0 Å². The van der Waals surface area contributed by atoms with Crippen molar-refractivity contribution in [3.63, 3.8) is 0 Å². The summed E-state index contributed by atoms with van der Waals surface area (Å²) in [7, 11) is -3.96. The Morgan fingerprint density at radius 3 is 2.55 bits per heavy atom. The molecule has 0 aliphatic rings. The number of fused-ring (bicyclic) bond motifs is 1. The molecule has 2 heterocycles. The fraction of sp³-hybridized carbons (Fsp3) is 0.208. The van der Waals surface area contributed by atoms with E-state index in [4.69, 9.17) is 15.6 Å². The number of carbonyl (C=O) groups is 1. The van der Waals surface area contributed by atoms with Crippen molar-refractivity contribution < 1.29 is 23.1 Å². The second kappa shape index (κ2) is 8.92. The second-order valence-electron chi connectivity index (χ2n) is 7.64. The number of rotatable bonds is 8. The Labute approximate surface area is 196 Å². The normalized spacial score (nSPS) is 11.7.